The van der Waals surface area contributed by atoms with Crippen LogP contribution in [0.5, 0.6) is 0 Å². The van der Waals surface area contributed by atoms with Crippen LogP contribution in [0.15, 0.2) is 0 Å². The minimum absolute atomic E-state index is 0. The molecule has 0 amide bonds. The third-order valence-corrected chi connectivity index (χ3v) is 1.29. The first-order chi connectivity index (χ1) is 5.78. The first-order valence-electron chi connectivity index (χ1n) is 3.17. The molecule has 4 N–H and O–H groups in total. The molecule has 0 aromatic heterocycles. The van der Waals surface area contributed by atoms with E-state index in [1.165, 1.54) is 0 Å². The molecule has 8 heteroatoms. The zero-order valence-electron chi connectivity index (χ0n) is 6.43. The van der Waals surface area contributed by atoms with Crippen molar-refractivity contribution in [1.82, 2.24) is 0 Å². The van der Waals surface area contributed by atoms with Crippen LogP contribution in [0.25, 0.3) is 0 Å². The standard InChI is InChI=1S/C6H8O7.BH3/c7-3(8)1-6(13,5(11)12)2-4(9)10;/h13H,1-2H2,(H,7,8)(H,9,10)(H,11,12);1H3. The SMILES string of the molecule is B.O=C(O)CC(O)(CC(=O)O)C(=O)O. The Bertz CT molecular complexity index is 233. The van der Waals surface area contributed by atoms with Crippen molar-refractivity contribution in [3.05, 3.63) is 0 Å². The molecule has 0 heterocycles. The molecule has 7 nitrogen and oxygen atoms in total. The summed E-state index contributed by atoms with van der Waals surface area (Å²) in [6.07, 6.45) is -2.29. The van der Waals surface area contributed by atoms with Gasteiger partial charge in [-0.25, -0.2) is 4.79 Å². The average Bonchev–Trinajstić information content (AvgIpc) is 1.82. The van der Waals surface area contributed by atoms with Crippen molar-refractivity contribution in [3.63, 3.8) is 0 Å². The fraction of sp³-hybridized carbons (Fsp3) is 0.500. The number of rotatable bonds is 5. The molecule has 80 valence electrons. The van der Waals surface area contributed by atoms with Crippen molar-refractivity contribution in [3.8, 4) is 0 Å². The molecule has 0 spiro atoms. The highest BCUT2D eigenvalue weighted by molar-refractivity contribution is 5.88. The van der Waals surface area contributed by atoms with Gasteiger partial charge in [0, 0.05) is 0 Å². The molecule has 0 bridgehead atoms. The van der Waals surface area contributed by atoms with Crippen molar-refractivity contribution >= 4 is 26.3 Å². The largest absolute Gasteiger partial charge is 0.481 e. The van der Waals surface area contributed by atoms with Crippen LogP contribution < -0.4 is 0 Å². The van der Waals surface area contributed by atoms with Crippen molar-refractivity contribution in [2.75, 3.05) is 0 Å². The Balaban J connectivity index is 0. The van der Waals surface area contributed by atoms with Gasteiger partial charge in [-0.3, -0.25) is 9.59 Å². The van der Waals surface area contributed by atoms with E-state index in [-0.39, 0.29) is 8.41 Å². The van der Waals surface area contributed by atoms with Crippen LogP contribution in [0.3, 0.4) is 0 Å². The first kappa shape index (κ1) is 14.9. The molecule has 0 saturated carbocycles. The molecular weight excluding hydrogens is 195 g/mol. The molecule has 0 saturated heterocycles. The Labute approximate surface area is 80.5 Å². The number of aliphatic hydroxyl groups is 1. The lowest BCUT2D eigenvalue weighted by Gasteiger charge is -2.18. The molecule has 0 aliphatic carbocycles. The van der Waals surface area contributed by atoms with Crippen LogP contribution in [0.1, 0.15) is 12.8 Å². The minimum atomic E-state index is -2.74. The summed E-state index contributed by atoms with van der Waals surface area (Å²) in [7, 11) is 0. The van der Waals surface area contributed by atoms with Crippen molar-refractivity contribution in [2.45, 2.75) is 18.4 Å². The van der Waals surface area contributed by atoms with Gasteiger partial charge in [0.25, 0.3) is 0 Å². The summed E-state index contributed by atoms with van der Waals surface area (Å²) >= 11 is 0. The average molecular weight is 206 g/mol. The monoisotopic (exact) mass is 206 g/mol. The quantitative estimate of drug-likeness (QED) is 0.367. The molecule has 0 rings (SSSR count). The lowest BCUT2D eigenvalue weighted by molar-refractivity contribution is -0.170. The van der Waals surface area contributed by atoms with E-state index in [0.29, 0.717) is 0 Å². The molecule has 14 heavy (non-hydrogen) atoms. The van der Waals surface area contributed by atoms with Gasteiger partial charge in [0.2, 0.25) is 0 Å². The Hall–Kier alpha value is -1.57. The minimum Gasteiger partial charge on any atom is -0.481 e. The zero-order valence-corrected chi connectivity index (χ0v) is 6.43. The molecule has 0 aliphatic heterocycles. The van der Waals surface area contributed by atoms with Gasteiger partial charge in [-0.2, -0.15) is 0 Å². The van der Waals surface area contributed by atoms with E-state index >= 15 is 0 Å². The molecule has 0 unspecified atom stereocenters. The van der Waals surface area contributed by atoms with E-state index in [4.69, 9.17) is 20.4 Å². The van der Waals surface area contributed by atoms with Crippen LogP contribution in [-0.2, 0) is 14.4 Å². The third-order valence-electron chi connectivity index (χ3n) is 1.29. The van der Waals surface area contributed by atoms with Gasteiger partial charge in [0.15, 0.2) is 5.60 Å². The van der Waals surface area contributed by atoms with Gasteiger partial charge >= 0.3 is 17.9 Å². The smallest absolute Gasteiger partial charge is 0.336 e. The second-order valence-electron chi connectivity index (χ2n) is 2.48. The van der Waals surface area contributed by atoms with E-state index in [9.17, 15) is 14.4 Å². The number of aliphatic carboxylic acids is 3. The van der Waals surface area contributed by atoms with Crippen LogP contribution in [-0.4, -0.2) is 52.3 Å². The number of carboxylic acid groups (broad SMARTS) is 3. The molecule has 0 atom stereocenters. The lowest BCUT2D eigenvalue weighted by Crippen LogP contribution is -2.42. The van der Waals surface area contributed by atoms with Gasteiger partial charge in [-0.1, -0.05) is 0 Å². The summed E-state index contributed by atoms with van der Waals surface area (Å²) in [5.41, 5.74) is -2.74. The van der Waals surface area contributed by atoms with Crippen LogP contribution in [0, 0.1) is 0 Å². The van der Waals surface area contributed by atoms with Gasteiger partial charge in [0.1, 0.15) is 0 Å². The van der Waals surface area contributed by atoms with Crippen molar-refractivity contribution in [1.29, 1.82) is 0 Å². The summed E-state index contributed by atoms with van der Waals surface area (Å²) in [6, 6.07) is 0. The number of carbonyl (C=O) groups is 3. The van der Waals surface area contributed by atoms with E-state index in [0.717, 1.165) is 0 Å². The Morgan fingerprint density at radius 2 is 1.21 bits per heavy atom. The Morgan fingerprint density at radius 3 is 1.36 bits per heavy atom. The van der Waals surface area contributed by atoms with Crippen LogP contribution >= 0.6 is 0 Å². The molecule has 0 aliphatic rings. The second-order valence-corrected chi connectivity index (χ2v) is 2.48. The lowest BCUT2D eigenvalue weighted by atomic mass is 9.96. The predicted molar refractivity (Wildman–Crippen MR) is 47.0 cm³/mol. The summed E-state index contributed by atoms with van der Waals surface area (Å²) in [5, 5.41) is 33.8. The maximum Gasteiger partial charge on any atom is 0.336 e. The van der Waals surface area contributed by atoms with Crippen LogP contribution in [0.4, 0.5) is 0 Å². The first-order valence-corrected chi connectivity index (χ1v) is 3.17. The molecule has 0 aromatic rings. The van der Waals surface area contributed by atoms with E-state index in [1.807, 2.05) is 0 Å². The third kappa shape index (κ3) is 4.46. The summed E-state index contributed by atoms with van der Waals surface area (Å²) < 4.78 is 0. The maximum absolute atomic E-state index is 10.3. The molecule has 0 fully saturated rings. The van der Waals surface area contributed by atoms with E-state index in [2.05, 4.69) is 0 Å². The Morgan fingerprint density at radius 1 is 0.929 bits per heavy atom. The summed E-state index contributed by atoms with van der Waals surface area (Å²) in [4.78, 5) is 30.5. The van der Waals surface area contributed by atoms with Crippen molar-refractivity contribution in [2.24, 2.45) is 0 Å². The van der Waals surface area contributed by atoms with Crippen molar-refractivity contribution < 1.29 is 34.8 Å². The normalized spacial score (nSPS) is 10.1. The predicted octanol–water partition coefficient (Wildman–Crippen LogP) is -2.43. The number of hydrogen-bond acceptors (Lipinski definition) is 4. The van der Waals surface area contributed by atoms with Gasteiger partial charge in [-0.05, 0) is 0 Å². The highest BCUT2D eigenvalue weighted by Gasteiger charge is 2.40. The van der Waals surface area contributed by atoms with Crippen LogP contribution in [0.2, 0.25) is 0 Å². The fourth-order valence-electron chi connectivity index (χ4n) is 0.714. The second kappa shape index (κ2) is 5.23. The van der Waals surface area contributed by atoms with E-state index in [1.54, 1.807) is 0 Å². The highest BCUT2D eigenvalue weighted by atomic mass is 16.4. The summed E-state index contributed by atoms with van der Waals surface area (Å²) in [6.45, 7) is 0. The van der Waals surface area contributed by atoms with E-state index < -0.39 is 36.4 Å². The number of hydrogen-bond donors (Lipinski definition) is 4. The topological polar surface area (TPSA) is 132 Å². The molecule has 0 radical (unpaired) electrons. The van der Waals surface area contributed by atoms with Gasteiger partial charge in [-0.15, -0.1) is 0 Å². The fourth-order valence-corrected chi connectivity index (χ4v) is 0.714. The Kier molecular flexibility index (Phi) is 5.57. The number of carboxylic acids is 3. The zero-order chi connectivity index (χ0) is 10.6. The molecular formula is C6H11BO7. The van der Waals surface area contributed by atoms with Gasteiger partial charge in [0.05, 0.1) is 21.3 Å². The molecule has 0 aromatic carbocycles. The summed E-state index contributed by atoms with van der Waals surface area (Å²) in [5.74, 6) is -5.02. The van der Waals surface area contributed by atoms with Gasteiger partial charge < -0.3 is 20.4 Å². The highest BCUT2D eigenvalue weighted by Crippen LogP contribution is 2.15. The maximum atomic E-state index is 10.3.